The van der Waals surface area contributed by atoms with E-state index in [2.05, 4.69) is 20.9 Å². The molecule has 0 radical (unpaired) electrons. The summed E-state index contributed by atoms with van der Waals surface area (Å²) in [7, 11) is 0. The van der Waals surface area contributed by atoms with E-state index in [0.29, 0.717) is 24.8 Å². The molecule has 120 valence electrons. The summed E-state index contributed by atoms with van der Waals surface area (Å²) in [4.78, 5) is 0. The zero-order valence-corrected chi connectivity index (χ0v) is 14.8. The molecule has 4 N–H and O–H groups in total. The molecule has 6 nitrogen and oxygen atoms in total. The van der Waals surface area contributed by atoms with Crippen LogP contribution in [0.5, 0.6) is 0 Å². The van der Waals surface area contributed by atoms with Gasteiger partial charge in [-0.3, -0.25) is 10.8 Å². The molecular formula is C12H28Cl2N6. The maximum absolute atomic E-state index is 7.85. The van der Waals surface area contributed by atoms with Crippen LogP contribution in [0.25, 0.3) is 0 Å². The van der Waals surface area contributed by atoms with Crippen LogP contribution in [0.1, 0.15) is 41.5 Å². The molecule has 0 aliphatic rings. The maximum Gasteiger partial charge on any atom is 0.132 e. The van der Waals surface area contributed by atoms with Gasteiger partial charge in [0, 0.05) is 13.1 Å². The minimum atomic E-state index is -0.695. The van der Waals surface area contributed by atoms with Crippen LogP contribution in [0.2, 0.25) is 0 Å². The van der Waals surface area contributed by atoms with Gasteiger partial charge in [0.1, 0.15) is 22.7 Å². The van der Waals surface area contributed by atoms with Crippen LogP contribution in [0.3, 0.4) is 0 Å². The van der Waals surface area contributed by atoms with E-state index in [4.69, 9.17) is 10.8 Å². The van der Waals surface area contributed by atoms with Gasteiger partial charge in [0.25, 0.3) is 0 Å². The fraction of sp³-hybridized carbons (Fsp3) is 0.833. The SMILES string of the molecule is CCNC(=N)C(C)(C)N=NC(C)(C)C(=N)NCC.Cl.Cl. The number of nitrogens with one attached hydrogen (secondary N) is 4. The van der Waals surface area contributed by atoms with Crippen LogP contribution < -0.4 is 10.6 Å². The number of azo groups is 1. The number of nitrogens with zero attached hydrogens (tertiary/aromatic N) is 2. The summed E-state index contributed by atoms with van der Waals surface area (Å²) in [6.07, 6.45) is 0. The van der Waals surface area contributed by atoms with Crippen molar-refractivity contribution in [2.75, 3.05) is 13.1 Å². The fourth-order valence-electron chi connectivity index (χ4n) is 1.14. The molecule has 0 fully saturated rings. The predicted molar refractivity (Wildman–Crippen MR) is 90.3 cm³/mol. The van der Waals surface area contributed by atoms with Gasteiger partial charge in [-0.05, 0) is 41.5 Å². The fourth-order valence-corrected chi connectivity index (χ4v) is 1.14. The Labute approximate surface area is 134 Å². The van der Waals surface area contributed by atoms with Crippen LogP contribution in [0, 0.1) is 10.8 Å². The van der Waals surface area contributed by atoms with Crippen molar-refractivity contribution in [1.29, 1.82) is 10.8 Å². The first kappa shape index (κ1) is 24.2. The highest BCUT2D eigenvalue weighted by Crippen LogP contribution is 2.16. The van der Waals surface area contributed by atoms with E-state index in [1.54, 1.807) is 0 Å². The smallest absolute Gasteiger partial charge is 0.132 e. The molecule has 0 aromatic heterocycles. The number of hydrogen-bond donors (Lipinski definition) is 4. The molecule has 0 aliphatic heterocycles. The third kappa shape index (κ3) is 7.65. The molecule has 0 bridgehead atoms. The van der Waals surface area contributed by atoms with Crippen LogP contribution in [0.4, 0.5) is 0 Å². The molecule has 0 aromatic carbocycles. The number of likely N-dealkylation sites (N-methyl/N-ethyl adjacent to an activating group) is 2. The average Bonchev–Trinajstić information content (AvgIpc) is 2.27. The summed E-state index contributed by atoms with van der Waals surface area (Å²) < 4.78 is 0. The zero-order chi connectivity index (χ0) is 14.4. The van der Waals surface area contributed by atoms with Crippen molar-refractivity contribution in [3.8, 4) is 0 Å². The van der Waals surface area contributed by atoms with Gasteiger partial charge in [-0.2, -0.15) is 10.2 Å². The average molecular weight is 327 g/mol. The van der Waals surface area contributed by atoms with E-state index >= 15 is 0 Å². The molecule has 0 unspecified atom stereocenters. The Balaban J connectivity index is -0.00000144. The summed E-state index contributed by atoms with van der Waals surface area (Å²) >= 11 is 0. The molecule has 0 saturated carbocycles. The van der Waals surface area contributed by atoms with E-state index in [9.17, 15) is 0 Å². The molecule has 8 heteroatoms. The van der Waals surface area contributed by atoms with Gasteiger partial charge in [-0.25, -0.2) is 0 Å². The van der Waals surface area contributed by atoms with Crippen molar-refractivity contribution in [2.24, 2.45) is 10.2 Å². The van der Waals surface area contributed by atoms with Crippen LogP contribution in [0.15, 0.2) is 10.2 Å². The Morgan fingerprint density at radius 3 is 1.25 bits per heavy atom. The quantitative estimate of drug-likeness (QED) is 0.343. The highest BCUT2D eigenvalue weighted by molar-refractivity contribution is 5.89. The van der Waals surface area contributed by atoms with E-state index in [0.717, 1.165) is 0 Å². The van der Waals surface area contributed by atoms with Crippen molar-refractivity contribution in [1.82, 2.24) is 10.6 Å². The van der Waals surface area contributed by atoms with E-state index < -0.39 is 11.1 Å². The Morgan fingerprint density at radius 2 is 1.05 bits per heavy atom. The minimum Gasteiger partial charge on any atom is -0.372 e. The maximum atomic E-state index is 7.85. The Bertz CT molecular complexity index is 307. The highest BCUT2D eigenvalue weighted by atomic mass is 35.5. The lowest BCUT2D eigenvalue weighted by Gasteiger charge is -2.24. The third-order valence-corrected chi connectivity index (χ3v) is 2.48. The number of halogens is 2. The van der Waals surface area contributed by atoms with Crippen molar-refractivity contribution in [2.45, 2.75) is 52.6 Å². The summed E-state index contributed by atoms with van der Waals surface area (Å²) in [5, 5.41) is 30.0. The second kappa shape index (κ2) is 9.94. The Hall–Kier alpha value is -0.880. The van der Waals surface area contributed by atoms with Crippen LogP contribution >= 0.6 is 24.8 Å². The molecule has 0 spiro atoms. The topological polar surface area (TPSA) is 96.5 Å². The standard InChI is InChI=1S/C12H26N6.2ClH/c1-7-15-9(13)11(3,4)17-18-12(5,6)10(14)16-8-2;;/h7-8H2,1-6H3,(H2,13,15)(H2,14,16);2*1H. The highest BCUT2D eigenvalue weighted by Gasteiger charge is 2.27. The van der Waals surface area contributed by atoms with Crippen LogP contribution in [-0.2, 0) is 0 Å². The van der Waals surface area contributed by atoms with E-state index in [-0.39, 0.29) is 24.8 Å². The molecule has 0 heterocycles. The van der Waals surface area contributed by atoms with Gasteiger partial charge in [-0.1, -0.05) is 0 Å². The summed E-state index contributed by atoms with van der Waals surface area (Å²) in [6.45, 7) is 12.6. The first-order valence-electron chi connectivity index (χ1n) is 6.27. The van der Waals surface area contributed by atoms with Gasteiger partial charge in [0.2, 0.25) is 0 Å². The molecule has 0 atom stereocenters. The molecular weight excluding hydrogens is 299 g/mol. The third-order valence-electron chi connectivity index (χ3n) is 2.48. The summed E-state index contributed by atoms with van der Waals surface area (Å²) in [5.74, 6) is 0.666. The molecule has 20 heavy (non-hydrogen) atoms. The van der Waals surface area contributed by atoms with Gasteiger partial charge in [0.15, 0.2) is 0 Å². The van der Waals surface area contributed by atoms with Gasteiger partial charge >= 0.3 is 0 Å². The summed E-state index contributed by atoms with van der Waals surface area (Å²) in [5.41, 5.74) is -1.39. The van der Waals surface area contributed by atoms with Gasteiger partial charge < -0.3 is 10.6 Å². The molecule has 0 rings (SSSR count). The van der Waals surface area contributed by atoms with Crippen molar-refractivity contribution in [3.63, 3.8) is 0 Å². The molecule has 0 aliphatic carbocycles. The lowest BCUT2D eigenvalue weighted by Crippen LogP contribution is -2.42. The number of rotatable bonds is 6. The Kier molecular flexibility index (Phi) is 12.0. The molecule has 0 saturated heterocycles. The van der Waals surface area contributed by atoms with Crippen molar-refractivity contribution in [3.05, 3.63) is 0 Å². The molecule has 0 amide bonds. The normalized spacial score (nSPS) is 11.3. The van der Waals surface area contributed by atoms with E-state index in [1.807, 2.05) is 41.5 Å². The first-order valence-corrected chi connectivity index (χ1v) is 6.27. The Morgan fingerprint density at radius 1 is 0.800 bits per heavy atom. The number of amidine groups is 2. The van der Waals surface area contributed by atoms with Crippen molar-refractivity contribution >= 4 is 36.5 Å². The summed E-state index contributed by atoms with van der Waals surface area (Å²) in [6, 6.07) is 0. The van der Waals surface area contributed by atoms with E-state index in [1.165, 1.54) is 0 Å². The second-order valence-corrected chi connectivity index (χ2v) is 5.13. The monoisotopic (exact) mass is 326 g/mol. The largest absolute Gasteiger partial charge is 0.372 e. The molecule has 0 aromatic rings. The van der Waals surface area contributed by atoms with Crippen molar-refractivity contribution < 1.29 is 0 Å². The predicted octanol–water partition coefficient (Wildman–Crippen LogP) is 3.01. The number of hydrogen-bond acceptors (Lipinski definition) is 4. The zero-order valence-electron chi connectivity index (χ0n) is 13.1. The second-order valence-electron chi connectivity index (χ2n) is 5.13. The van der Waals surface area contributed by atoms with Gasteiger partial charge in [0.05, 0.1) is 0 Å². The van der Waals surface area contributed by atoms with Crippen LogP contribution in [-0.4, -0.2) is 35.8 Å². The van der Waals surface area contributed by atoms with Gasteiger partial charge in [-0.15, -0.1) is 24.8 Å². The lowest BCUT2D eigenvalue weighted by atomic mass is 10.0. The lowest BCUT2D eigenvalue weighted by molar-refractivity contribution is 0.542. The minimum absolute atomic E-state index is 0. The first-order chi connectivity index (χ1) is 8.17.